The van der Waals surface area contributed by atoms with Crippen LogP contribution in [0, 0.1) is 11.8 Å². The summed E-state index contributed by atoms with van der Waals surface area (Å²) in [7, 11) is 0. The van der Waals surface area contributed by atoms with Crippen LogP contribution in [0.2, 0.25) is 0 Å². The van der Waals surface area contributed by atoms with E-state index in [9.17, 15) is 121 Å². The number of primary amides is 2. The summed E-state index contributed by atoms with van der Waals surface area (Å²) in [6, 6.07) is -11.4. The van der Waals surface area contributed by atoms with Crippen molar-refractivity contribution in [2.24, 2.45) is 29.0 Å². The number of benzene rings is 2. The lowest BCUT2D eigenvalue weighted by Gasteiger charge is -2.30. The number of carboxylic acid groups (broad SMARTS) is 4. The minimum absolute atomic E-state index is 0.0289. The second-order valence-electron chi connectivity index (χ2n) is 27.9. The summed E-state index contributed by atoms with van der Waals surface area (Å²) in [6.45, 7) is 4.36. The van der Waals surface area contributed by atoms with Gasteiger partial charge in [-0.3, -0.25) is 95.9 Å². The van der Waals surface area contributed by atoms with Crippen molar-refractivity contribution >= 4 is 141 Å². The molecule has 2 heterocycles. The zero-order chi connectivity index (χ0) is 87.5. The minimum atomic E-state index is -2.56. The summed E-state index contributed by atoms with van der Waals surface area (Å²) in [5, 5.41) is 67.9. The van der Waals surface area contributed by atoms with Crippen LogP contribution in [0.4, 0.5) is 5.69 Å². The largest absolute Gasteiger partial charge is 0.481 e. The number of unbranched alkanes of at least 4 members (excludes halogenated alkanes) is 3. The number of Topliss-reactive ketones (excluding diaryl/α,β-unsaturated/α-hetero) is 1. The lowest BCUT2D eigenvalue weighted by molar-refractivity contribution is -0.156. The molecule has 0 saturated carbocycles. The second-order valence-corrected chi connectivity index (χ2v) is 27.9. The first-order valence-electron chi connectivity index (χ1n) is 37.3. The third-order valence-electron chi connectivity index (χ3n) is 18.4. The quantitative estimate of drug-likeness (QED) is 0.00857. The Morgan fingerprint density at radius 3 is 1.73 bits per heavy atom. The SMILES string of the molecule is CCC(C)CCCCCCC(=O)N[C@@H](Cc1c[nH]c2ccccc12)C(=O)N[C@H](CC(N)=O)C(=O)N[C@@H](CC(=O)O)C(=O)N[C@@H]1C(=O)NCC(=O)N[C@@H](CCCN)C(=O)N[C@@H](CC(=O)O)C(=O)N[C@H](C)C(=O)N[C@@H](CC(=O)O)C(=O)NCC(=O)N[C@H](C(N)=O)C(=O)N[C@@H](C(C)CC(=O)O)C(=O)N[C@@H](CC(=O)c2ccccc2N)C(=O)O[C@@H]1C. The number of rotatable bonds is 35. The van der Waals surface area contributed by atoms with Crippen LogP contribution in [-0.2, 0) is 107 Å². The Morgan fingerprint density at radius 2 is 1.12 bits per heavy atom. The molecule has 640 valence electrons. The smallest absolute Gasteiger partial charge is 0.329 e. The predicted octanol–water partition coefficient (Wildman–Crippen LogP) is -5.88. The highest BCUT2D eigenvalue weighted by atomic mass is 16.5. The first kappa shape index (κ1) is 96.2. The number of nitrogens with one attached hydrogen (secondary N) is 14. The fraction of sp³-hybridized carbons (Fsp3) is 0.521. The first-order valence-corrected chi connectivity index (χ1v) is 37.3. The van der Waals surface area contributed by atoms with Crippen molar-refractivity contribution in [2.75, 3.05) is 25.4 Å². The summed E-state index contributed by atoms with van der Waals surface area (Å²) in [5.41, 5.74) is 23.5. The summed E-state index contributed by atoms with van der Waals surface area (Å²) < 4.78 is 5.67. The Balaban J connectivity index is 1.88. The number of aliphatic carboxylic acids is 4. The van der Waals surface area contributed by atoms with E-state index in [2.05, 4.69) is 66.7 Å². The molecule has 0 bridgehead atoms. The number of carboxylic acids is 4. The van der Waals surface area contributed by atoms with Gasteiger partial charge in [-0.1, -0.05) is 83.2 Å². The first-order chi connectivity index (χ1) is 55.1. The number of H-pyrrole nitrogens is 1. The van der Waals surface area contributed by atoms with Gasteiger partial charge < -0.3 is 122 Å². The van der Waals surface area contributed by atoms with Crippen LogP contribution in [-0.4, -0.2) is 242 Å². The summed E-state index contributed by atoms with van der Waals surface area (Å²) in [5.74, 6) is -31.8. The fourth-order valence-corrected chi connectivity index (χ4v) is 11.9. The lowest BCUT2D eigenvalue weighted by atomic mass is 9.95. The van der Waals surface area contributed by atoms with Crippen molar-refractivity contribution < 1.29 is 126 Å². The van der Waals surface area contributed by atoms with Crippen LogP contribution in [0.1, 0.15) is 147 Å². The van der Waals surface area contributed by atoms with Gasteiger partial charge in [0.15, 0.2) is 11.8 Å². The van der Waals surface area contributed by atoms with Gasteiger partial charge in [0.2, 0.25) is 82.7 Å². The molecule has 1 aliphatic rings. The standard InChI is InChI=1S/C73H102N18O26/c1-6-34(2)16-9-7-8-10-22-52(94)83-44(25-38-31-78-42-20-14-12-17-39(38)42)67(110)85-45(27-51(76)93)68(111)87-48(30-58(103)104)69(112)91-60-37(5)117-73(116)49(26-50(92)40-18-11-13-19-41(40)75)88-71(114)59(35(3)24-55(97)98)90-72(115)61(62(77)105)89-54(96)33-79-64(107)46(28-56(99)100)84-63(106)36(4)81-66(109)47(29-57(101)102)86-65(108)43(21-15-23-74)82-53(95)32-80-70(60)113/h11-14,17-20,31,34-37,43-49,59-61,78H,6-10,15-16,21-30,32-33,74-75H2,1-5H3,(H2,76,93)(H2,77,105)(H,79,107)(H,80,113)(H,81,109)(H,82,95)(H,83,94)(H,84,106)(H,85,110)(H,86,108)(H,87,111)(H,88,114)(H,89,96)(H,90,115)(H,91,112)(H,97,98)(H,99,100)(H,101,102)(H,103,104)/t34?,35?,36-,37-,43+,44+,45-,46+,47+,48+,49+,59+,60+,61-/m1/s1. The highest BCUT2D eigenvalue weighted by molar-refractivity contribution is 6.09. The monoisotopic (exact) mass is 1650 g/mol. The molecule has 14 atom stereocenters. The van der Waals surface area contributed by atoms with Gasteiger partial charge in [0, 0.05) is 47.6 Å². The van der Waals surface area contributed by atoms with Gasteiger partial charge in [-0.2, -0.15) is 0 Å². The van der Waals surface area contributed by atoms with Gasteiger partial charge in [0.05, 0.1) is 45.2 Å². The Bertz CT molecular complexity index is 4170. The summed E-state index contributed by atoms with van der Waals surface area (Å²) in [6.07, 6.45) is -3.71. The number of nitrogen functional groups attached to an aromatic ring is 1. The van der Waals surface area contributed by atoms with E-state index in [-0.39, 0.29) is 37.1 Å². The number of cyclic esters (lactones) is 1. The molecule has 26 N–H and O–H groups in total. The third-order valence-corrected chi connectivity index (χ3v) is 18.4. The number of fused-ring (bicyclic) bond motifs is 1. The van der Waals surface area contributed by atoms with Crippen LogP contribution in [0.25, 0.3) is 10.9 Å². The van der Waals surface area contributed by atoms with Gasteiger partial charge in [0.1, 0.15) is 66.5 Å². The Hall–Kier alpha value is -13.2. The molecule has 0 spiro atoms. The number of aromatic amines is 1. The van der Waals surface area contributed by atoms with Crippen molar-refractivity contribution in [3.05, 3.63) is 65.9 Å². The van der Waals surface area contributed by atoms with Crippen LogP contribution in [0.15, 0.2) is 54.7 Å². The average Bonchev–Trinajstić information content (AvgIpc) is 1.78. The number of amides is 15. The molecule has 1 aliphatic heterocycles. The molecule has 0 radical (unpaired) electrons. The Labute approximate surface area is 668 Å². The molecule has 1 saturated heterocycles. The molecular weight excluding hydrogens is 1540 g/mol. The van der Waals surface area contributed by atoms with Gasteiger partial charge in [-0.05, 0) is 75.3 Å². The van der Waals surface area contributed by atoms with E-state index in [0.717, 1.165) is 46.5 Å². The van der Waals surface area contributed by atoms with Crippen LogP contribution in [0.5, 0.6) is 0 Å². The van der Waals surface area contributed by atoms with Gasteiger partial charge in [0.25, 0.3) is 5.91 Å². The number of ketones is 1. The lowest BCUT2D eigenvalue weighted by Crippen LogP contribution is -2.62. The molecular formula is C73H102N18O26. The number of hydrogen-bond donors (Lipinski definition) is 22. The number of ether oxygens (including phenoxy) is 1. The van der Waals surface area contributed by atoms with E-state index in [4.69, 9.17) is 27.7 Å². The maximum absolute atomic E-state index is 14.9. The topological polar surface area (TPSA) is 725 Å². The number of anilines is 1. The van der Waals surface area contributed by atoms with Gasteiger partial charge >= 0.3 is 29.8 Å². The average molecular weight is 1650 g/mol. The zero-order valence-corrected chi connectivity index (χ0v) is 64.8. The van der Waals surface area contributed by atoms with Crippen molar-refractivity contribution in [1.82, 2.24) is 74.1 Å². The molecule has 1 aromatic heterocycles. The third kappa shape index (κ3) is 32.7. The highest BCUT2D eigenvalue weighted by Gasteiger charge is 2.42. The molecule has 44 nitrogen and oxygen atoms in total. The molecule has 117 heavy (non-hydrogen) atoms. The van der Waals surface area contributed by atoms with E-state index < -0.39 is 261 Å². The fourth-order valence-electron chi connectivity index (χ4n) is 11.9. The molecule has 2 aromatic carbocycles. The number of nitrogens with two attached hydrogens (primary N) is 4. The van der Waals surface area contributed by atoms with Gasteiger partial charge in [-0.15, -0.1) is 0 Å². The Morgan fingerprint density at radius 1 is 0.556 bits per heavy atom. The van der Waals surface area contributed by atoms with E-state index in [1.807, 2.05) is 21.3 Å². The molecule has 3 aromatic rings. The van der Waals surface area contributed by atoms with Crippen molar-refractivity contribution in [3.8, 4) is 0 Å². The maximum atomic E-state index is 14.9. The number of carbonyl (C=O) groups is 21. The molecule has 2 unspecified atom stereocenters. The summed E-state index contributed by atoms with van der Waals surface area (Å²) in [4.78, 5) is 290. The Kier molecular flexibility index (Phi) is 39.0. The van der Waals surface area contributed by atoms with Crippen molar-refractivity contribution in [1.29, 1.82) is 0 Å². The maximum Gasteiger partial charge on any atom is 0.329 e. The van der Waals surface area contributed by atoms with Crippen LogP contribution in [0.3, 0.4) is 0 Å². The van der Waals surface area contributed by atoms with Crippen LogP contribution < -0.4 is 92.1 Å². The van der Waals surface area contributed by atoms with E-state index in [1.165, 1.54) is 24.3 Å². The van der Waals surface area contributed by atoms with Gasteiger partial charge in [-0.25, -0.2) is 4.79 Å². The number of carbonyl (C=O) groups excluding carboxylic acids is 17. The molecule has 1 fully saturated rings. The van der Waals surface area contributed by atoms with E-state index >= 15 is 0 Å². The number of esters is 1. The molecule has 15 amide bonds. The number of aromatic nitrogens is 1. The second kappa shape index (κ2) is 47.5. The van der Waals surface area contributed by atoms with E-state index in [1.54, 1.807) is 30.5 Å². The highest BCUT2D eigenvalue weighted by Crippen LogP contribution is 2.22. The minimum Gasteiger partial charge on any atom is -0.481 e. The normalized spacial score (nSPS) is 21.3. The van der Waals surface area contributed by atoms with E-state index in [0.29, 0.717) is 35.2 Å². The number of para-hydroxylation sites is 2. The van der Waals surface area contributed by atoms with Crippen molar-refractivity contribution in [3.63, 3.8) is 0 Å². The zero-order valence-electron chi connectivity index (χ0n) is 64.8. The molecule has 0 aliphatic carbocycles. The molecule has 44 heteroatoms. The predicted molar refractivity (Wildman–Crippen MR) is 407 cm³/mol. The van der Waals surface area contributed by atoms with Crippen molar-refractivity contribution in [2.45, 2.75) is 210 Å². The van der Waals surface area contributed by atoms with Crippen LogP contribution >= 0.6 is 0 Å². The number of hydrogen-bond acceptors (Lipinski definition) is 24. The molecule has 4 rings (SSSR count). The summed E-state index contributed by atoms with van der Waals surface area (Å²) >= 11 is 0.